The fourth-order valence-electron chi connectivity index (χ4n) is 6.21. The number of nitrogens with one attached hydrogen (secondary N) is 2. The second-order valence-electron chi connectivity index (χ2n) is 13.3. The van der Waals surface area contributed by atoms with E-state index in [0.717, 1.165) is 24.8 Å². The van der Waals surface area contributed by atoms with Crippen LogP contribution in [0.4, 0.5) is 6.01 Å². The molecule has 0 saturated carbocycles. The van der Waals surface area contributed by atoms with Gasteiger partial charge in [-0.15, -0.1) is 11.3 Å². The molecule has 1 aromatic carbocycles. The fraction of sp³-hybridized carbons (Fsp3) is 0.615. The molecule has 2 atom stereocenters. The van der Waals surface area contributed by atoms with Crippen molar-refractivity contribution in [3.05, 3.63) is 53.0 Å². The molecule has 0 bridgehead atoms. The Morgan fingerprint density at radius 3 is 2.17 bits per heavy atom. The quantitative estimate of drug-likeness (QED) is 0.201. The first kappa shape index (κ1) is 44.4. The lowest BCUT2D eigenvalue weighted by Crippen LogP contribution is -2.63. The molecule has 3 amide bonds. The molecular weight excluding hydrogens is 681 g/mol. The lowest BCUT2D eigenvalue weighted by molar-refractivity contribution is -0.133. The minimum absolute atomic E-state index is 0.105. The number of aromatic nitrogens is 2. The molecule has 2 unspecified atom stereocenters. The van der Waals surface area contributed by atoms with Crippen LogP contribution in [0, 0.1) is 16.7 Å². The summed E-state index contributed by atoms with van der Waals surface area (Å²) in [5, 5.41) is 23.4. The van der Waals surface area contributed by atoms with Crippen molar-refractivity contribution in [1.29, 1.82) is 0 Å². The van der Waals surface area contributed by atoms with Crippen LogP contribution in [0.1, 0.15) is 96.7 Å². The van der Waals surface area contributed by atoms with Crippen molar-refractivity contribution < 1.29 is 29.0 Å². The average Bonchev–Trinajstić information content (AvgIpc) is 3.94. The Bertz CT molecular complexity index is 1480. The lowest BCUT2D eigenvalue weighted by Gasteiger charge is -2.49. The number of allylic oxidation sites excluding steroid dienone is 2. The molecule has 3 aromatic rings. The average molecular weight is 743 g/mol. The van der Waals surface area contributed by atoms with Gasteiger partial charge in [-0.25, -0.2) is 0 Å². The van der Waals surface area contributed by atoms with Crippen molar-refractivity contribution in [3.8, 4) is 0 Å². The zero-order valence-corrected chi connectivity index (χ0v) is 33.3. The van der Waals surface area contributed by atoms with Crippen LogP contribution in [-0.2, 0) is 9.59 Å². The maximum atomic E-state index is 13.4. The van der Waals surface area contributed by atoms with E-state index in [4.69, 9.17) is 14.6 Å². The number of thiazole rings is 1. The second-order valence-corrected chi connectivity index (χ2v) is 14.2. The van der Waals surface area contributed by atoms with Gasteiger partial charge in [0.2, 0.25) is 11.8 Å². The van der Waals surface area contributed by atoms with E-state index in [1.165, 1.54) is 24.2 Å². The number of anilines is 1. The summed E-state index contributed by atoms with van der Waals surface area (Å²) < 4.78 is 5.91. The van der Waals surface area contributed by atoms with Crippen LogP contribution in [0.3, 0.4) is 0 Å². The number of benzene rings is 1. The molecule has 2 saturated heterocycles. The number of para-hydroxylation sites is 2. The Balaban J connectivity index is 0.000000433. The van der Waals surface area contributed by atoms with Gasteiger partial charge in [0.25, 0.3) is 11.9 Å². The number of hydrogen-bond acceptors (Lipinski definition) is 10. The summed E-state index contributed by atoms with van der Waals surface area (Å²) in [5.41, 5.74) is 2.44. The van der Waals surface area contributed by atoms with E-state index in [1.54, 1.807) is 23.7 Å². The third-order valence-corrected chi connectivity index (χ3v) is 9.74. The SMILES string of the molecule is CC.CCC.CCC.CCC(NC(=O)C1CN(C(=O)c2cncs2)CC12CN(c1nc3ccccc3o1)C2)C(=O)NC.OCC1(CO)CC=CCC1. The summed E-state index contributed by atoms with van der Waals surface area (Å²) in [4.78, 5) is 51.5. The van der Waals surface area contributed by atoms with E-state index in [2.05, 4.69) is 54.4 Å². The molecule has 2 aromatic heterocycles. The maximum absolute atomic E-state index is 13.4. The second kappa shape index (κ2) is 22.3. The highest BCUT2D eigenvalue weighted by atomic mass is 32.1. The van der Waals surface area contributed by atoms with Gasteiger partial charge >= 0.3 is 0 Å². The number of hydrogen-bond donors (Lipinski definition) is 4. The number of carbonyl (C=O) groups excluding carboxylic acids is 3. The highest BCUT2D eigenvalue weighted by Crippen LogP contribution is 2.46. The summed E-state index contributed by atoms with van der Waals surface area (Å²) in [6.45, 7) is 16.3. The number of amides is 3. The third kappa shape index (κ3) is 11.3. The van der Waals surface area contributed by atoms with Gasteiger partial charge in [-0.1, -0.05) is 85.6 Å². The molecule has 290 valence electrons. The molecule has 2 aliphatic heterocycles. The molecular formula is C39H62N6O6S. The summed E-state index contributed by atoms with van der Waals surface area (Å²) in [7, 11) is 1.55. The van der Waals surface area contributed by atoms with E-state index in [9.17, 15) is 14.4 Å². The van der Waals surface area contributed by atoms with Crippen LogP contribution in [0.25, 0.3) is 11.1 Å². The highest BCUT2D eigenvalue weighted by molar-refractivity contribution is 7.11. The number of nitrogens with zero attached hydrogens (tertiary/aromatic N) is 4. The smallest absolute Gasteiger partial charge is 0.298 e. The maximum Gasteiger partial charge on any atom is 0.298 e. The Hall–Kier alpha value is -3.81. The van der Waals surface area contributed by atoms with E-state index in [1.807, 2.05) is 56.0 Å². The number of aliphatic hydroxyl groups excluding tert-OH is 2. The molecule has 12 nitrogen and oxygen atoms in total. The number of oxazole rings is 1. The molecule has 52 heavy (non-hydrogen) atoms. The van der Waals surface area contributed by atoms with Crippen molar-refractivity contribution in [3.63, 3.8) is 0 Å². The molecule has 13 heteroatoms. The van der Waals surface area contributed by atoms with Gasteiger partial charge in [-0.3, -0.25) is 19.4 Å². The monoisotopic (exact) mass is 742 g/mol. The first-order valence-electron chi connectivity index (χ1n) is 18.8. The Labute approximate surface area is 314 Å². The first-order valence-corrected chi connectivity index (χ1v) is 19.6. The summed E-state index contributed by atoms with van der Waals surface area (Å²) >= 11 is 1.28. The number of carbonyl (C=O) groups is 3. The van der Waals surface area contributed by atoms with Crippen LogP contribution >= 0.6 is 11.3 Å². The standard InChI is InChI=1S/C23H26N6O4S.C8H14O2.2C3H8.C2H6/c1-3-15(20(31)24-2)26-19(30)14-9-28(21(32)18-8-25-13-34-18)10-23(14)11-29(12-23)22-27-16-6-4-5-7-17(16)33-22;9-6-8(7-10)4-2-1-3-5-8;2*1-3-2;1-2/h4-8,13-15H,3,9-12H2,1-2H3,(H,24,31)(H,26,30);1-2,9-10H,3-7H2;2*3H2,1-2H3;1-2H3. The Kier molecular flexibility index (Phi) is 19.0. The number of rotatable bonds is 8. The predicted octanol–water partition coefficient (Wildman–Crippen LogP) is 6.06. The number of aliphatic hydroxyl groups is 2. The van der Waals surface area contributed by atoms with Crippen LogP contribution in [0.2, 0.25) is 0 Å². The van der Waals surface area contributed by atoms with Crippen molar-refractivity contribution in [2.45, 2.75) is 93.0 Å². The number of likely N-dealkylation sites (tertiary alicyclic amines) is 1. The normalized spacial score (nSPS) is 18.2. The summed E-state index contributed by atoms with van der Waals surface area (Å²) in [6.07, 6.45) is 11.4. The molecule has 6 rings (SSSR count). The zero-order chi connectivity index (χ0) is 38.7. The van der Waals surface area contributed by atoms with Crippen molar-refractivity contribution in [1.82, 2.24) is 25.5 Å². The fourth-order valence-corrected chi connectivity index (χ4v) is 6.79. The molecule has 2 fully saturated rings. The molecule has 4 N–H and O–H groups in total. The molecule has 1 spiro atoms. The summed E-state index contributed by atoms with van der Waals surface area (Å²) in [6, 6.07) is 7.45. The van der Waals surface area contributed by atoms with E-state index in [-0.39, 0.29) is 42.9 Å². The van der Waals surface area contributed by atoms with Gasteiger partial charge < -0.3 is 35.1 Å². The topological polar surface area (TPSA) is 161 Å². The summed E-state index contributed by atoms with van der Waals surface area (Å²) in [5.74, 6) is -1.03. The van der Waals surface area contributed by atoms with Crippen molar-refractivity contribution in [2.75, 3.05) is 51.3 Å². The van der Waals surface area contributed by atoms with E-state index < -0.39 is 17.4 Å². The third-order valence-electron chi connectivity index (χ3n) is 8.98. The van der Waals surface area contributed by atoms with Crippen LogP contribution < -0.4 is 15.5 Å². The number of likely N-dealkylation sites (N-methyl/N-ethyl adjacent to an activating group) is 1. The molecule has 3 aliphatic rings. The van der Waals surface area contributed by atoms with Gasteiger partial charge in [0.1, 0.15) is 16.4 Å². The van der Waals surface area contributed by atoms with Crippen LogP contribution in [0.15, 0.2) is 52.5 Å². The van der Waals surface area contributed by atoms with Gasteiger partial charge in [0.05, 0.1) is 30.8 Å². The number of fused-ring (bicyclic) bond motifs is 1. The van der Waals surface area contributed by atoms with E-state index >= 15 is 0 Å². The van der Waals surface area contributed by atoms with Crippen molar-refractivity contribution in [2.24, 2.45) is 16.7 Å². The molecule has 1 aliphatic carbocycles. The Morgan fingerprint density at radius 1 is 1.02 bits per heavy atom. The van der Waals surface area contributed by atoms with E-state index in [0.29, 0.717) is 42.5 Å². The van der Waals surface area contributed by atoms with Gasteiger partial charge in [0, 0.05) is 44.1 Å². The molecule has 4 heterocycles. The van der Waals surface area contributed by atoms with Crippen LogP contribution in [0.5, 0.6) is 0 Å². The van der Waals surface area contributed by atoms with Crippen LogP contribution in [-0.4, -0.2) is 95.3 Å². The van der Waals surface area contributed by atoms with Gasteiger partial charge in [-0.05, 0) is 37.8 Å². The molecule has 0 radical (unpaired) electrons. The lowest BCUT2D eigenvalue weighted by atomic mass is 9.71. The van der Waals surface area contributed by atoms with Gasteiger partial charge in [0.15, 0.2) is 5.58 Å². The highest BCUT2D eigenvalue weighted by Gasteiger charge is 2.59. The minimum atomic E-state index is -0.617. The Morgan fingerprint density at radius 2 is 1.67 bits per heavy atom. The first-order chi connectivity index (χ1) is 25.1. The van der Waals surface area contributed by atoms with Gasteiger partial charge in [-0.2, -0.15) is 4.98 Å². The van der Waals surface area contributed by atoms with Crippen molar-refractivity contribution >= 4 is 46.2 Å². The zero-order valence-electron chi connectivity index (χ0n) is 32.5. The minimum Gasteiger partial charge on any atom is -0.423 e. The predicted molar refractivity (Wildman–Crippen MR) is 209 cm³/mol. The largest absolute Gasteiger partial charge is 0.423 e.